The molecule has 25 heavy (non-hydrogen) atoms. The molecule has 1 amide bonds. The van der Waals surface area contributed by atoms with Crippen LogP contribution in [-0.2, 0) is 0 Å². The van der Waals surface area contributed by atoms with Gasteiger partial charge < -0.3 is 9.88 Å². The van der Waals surface area contributed by atoms with Crippen molar-refractivity contribution in [2.24, 2.45) is 0 Å². The molecule has 0 saturated heterocycles. The lowest BCUT2D eigenvalue weighted by molar-refractivity contribution is 0.0953. The van der Waals surface area contributed by atoms with E-state index in [9.17, 15) is 4.79 Å². The van der Waals surface area contributed by atoms with Crippen LogP contribution in [0.4, 0.5) is 0 Å². The standard InChI is InChI=1S/C20H24N4O/c1-13-9-14(2)19-17(10-13)18(11-15(3)23-19)20(25)22-6-5-16(4)24-8-7-21-12-24/h7-12,16H,5-6H2,1-4H3,(H,22,25)/t16-/m1/s1. The topological polar surface area (TPSA) is 59.8 Å². The number of aromatic nitrogens is 3. The van der Waals surface area contributed by atoms with Gasteiger partial charge in [-0.1, -0.05) is 11.6 Å². The Morgan fingerprint density at radius 3 is 2.76 bits per heavy atom. The van der Waals surface area contributed by atoms with Gasteiger partial charge in [0.1, 0.15) is 0 Å². The molecule has 5 heteroatoms. The first-order chi connectivity index (χ1) is 12.0. The Morgan fingerprint density at radius 2 is 2.04 bits per heavy atom. The van der Waals surface area contributed by atoms with E-state index in [0.717, 1.165) is 34.1 Å². The highest BCUT2D eigenvalue weighted by Gasteiger charge is 2.14. The van der Waals surface area contributed by atoms with Gasteiger partial charge in [0.2, 0.25) is 0 Å². The largest absolute Gasteiger partial charge is 0.352 e. The smallest absolute Gasteiger partial charge is 0.252 e. The first-order valence-corrected chi connectivity index (χ1v) is 8.60. The molecule has 0 saturated carbocycles. The number of amides is 1. The molecule has 0 aliphatic heterocycles. The van der Waals surface area contributed by atoms with Crippen LogP contribution in [-0.4, -0.2) is 27.0 Å². The number of hydrogen-bond donors (Lipinski definition) is 1. The van der Waals surface area contributed by atoms with Crippen molar-refractivity contribution < 1.29 is 4.79 Å². The Labute approximate surface area is 148 Å². The minimum atomic E-state index is -0.0432. The summed E-state index contributed by atoms with van der Waals surface area (Å²) in [5, 5.41) is 3.97. The minimum absolute atomic E-state index is 0.0432. The number of fused-ring (bicyclic) bond motifs is 1. The number of aryl methyl sites for hydroxylation is 3. The Bertz CT molecular complexity index is 900. The lowest BCUT2D eigenvalue weighted by atomic mass is 10.0. The first-order valence-electron chi connectivity index (χ1n) is 8.60. The van der Waals surface area contributed by atoms with Crippen molar-refractivity contribution in [3.63, 3.8) is 0 Å². The van der Waals surface area contributed by atoms with Crippen molar-refractivity contribution in [2.75, 3.05) is 6.54 Å². The molecule has 0 spiro atoms. The van der Waals surface area contributed by atoms with E-state index in [-0.39, 0.29) is 5.91 Å². The van der Waals surface area contributed by atoms with Gasteiger partial charge in [0.05, 0.1) is 17.4 Å². The second-order valence-electron chi connectivity index (χ2n) is 6.69. The Hall–Kier alpha value is -2.69. The zero-order valence-corrected chi connectivity index (χ0v) is 15.2. The summed E-state index contributed by atoms with van der Waals surface area (Å²) in [7, 11) is 0. The number of benzene rings is 1. The number of hydrogen-bond acceptors (Lipinski definition) is 3. The van der Waals surface area contributed by atoms with E-state index in [2.05, 4.69) is 28.3 Å². The van der Waals surface area contributed by atoms with E-state index in [1.165, 1.54) is 0 Å². The summed E-state index contributed by atoms with van der Waals surface area (Å²) >= 11 is 0. The summed E-state index contributed by atoms with van der Waals surface area (Å²) in [6.45, 7) is 8.74. The second-order valence-corrected chi connectivity index (χ2v) is 6.69. The van der Waals surface area contributed by atoms with Gasteiger partial charge in [-0.15, -0.1) is 0 Å². The van der Waals surface area contributed by atoms with Crippen molar-refractivity contribution in [3.05, 3.63) is 59.3 Å². The SMILES string of the molecule is Cc1cc(C)c2nc(C)cc(C(=O)NCC[C@@H](C)n3ccnc3)c2c1. The van der Waals surface area contributed by atoms with Crippen LogP contribution in [0.2, 0.25) is 0 Å². The molecule has 3 aromatic rings. The molecule has 2 heterocycles. The molecular weight excluding hydrogens is 312 g/mol. The maximum absolute atomic E-state index is 12.7. The predicted molar refractivity (Wildman–Crippen MR) is 99.8 cm³/mol. The number of imidazole rings is 1. The highest BCUT2D eigenvalue weighted by molar-refractivity contribution is 6.07. The number of nitrogens with zero attached hydrogens (tertiary/aromatic N) is 3. The third-order valence-electron chi connectivity index (χ3n) is 4.50. The lowest BCUT2D eigenvalue weighted by Crippen LogP contribution is -2.26. The average Bonchev–Trinajstić information content (AvgIpc) is 3.09. The van der Waals surface area contributed by atoms with Gasteiger partial charge >= 0.3 is 0 Å². The van der Waals surface area contributed by atoms with Crippen LogP contribution < -0.4 is 5.32 Å². The lowest BCUT2D eigenvalue weighted by Gasteiger charge is -2.14. The fraction of sp³-hybridized carbons (Fsp3) is 0.350. The van der Waals surface area contributed by atoms with E-state index in [1.54, 1.807) is 12.5 Å². The van der Waals surface area contributed by atoms with Crippen LogP contribution in [0, 0.1) is 20.8 Å². The molecule has 1 N–H and O–H groups in total. The molecule has 5 nitrogen and oxygen atoms in total. The van der Waals surface area contributed by atoms with Crippen LogP contribution in [0.25, 0.3) is 10.9 Å². The Kier molecular flexibility index (Phi) is 4.83. The zero-order chi connectivity index (χ0) is 18.0. The third kappa shape index (κ3) is 3.71. The van der Waals surface area contributed by atoms with Crippen LogP contribution in [0.15, 0.2) is 36.9 Å². The highest BCUT2D eigenvalue weighted by atomic mass is 16.1. The molecule has 0 bridgehead atoms. The fourth-order valence-electron chi connectivity index (χ4n) is 3.17. The molecule has 3 rings (SSSR count). The first kappa shape index (κ1) is 17.1. The van der Waals surface area contributed by atoms with Crippen molar-refractivity contribution in [1.29, 1.82) is 0 Å². The molecule has 0 unspecified atom stereocenters. The number of carbonyl (C=O) groups excluding carboxylic acids is 1. The molecule has 130 valence electrons. The molecule has 0 aliphatic rings. The van der Waals surface area contributed by atoms with Gasteiger partial charge in [0.25, 0.3) is 5.91 Å². The normalized spacial score (nSPS) is 12.3. The van der Waals surface area contributed by atoms with Crippen LogP contribution in [0.1, 0.15) is 46.6 Å². The van der Waals surface area contributed by atoms with Gasteiger partial charge in [-0.05, 0) is 51.8 Å². The summed E-state index contributed by atoms with van der Waals surface area (Å²) in [6.07, 6.45) is 6.36. The maximum atomic E-state index is 12.7. The summed E-state index contributed by atoms with van der Waals surface area (Å²) < 4.78 is 2.05. The van der Waals surface area contributed by atoms with E-state index < -0.39 is 0 Å². The number of nitrogens with one attached hydrogen (secondary N) is 1. The number of carbonyl (C=O) groups is 1. The molecule has 1 aromatic carbocycles. The fourth-order valence-corrected chi connectivity index (χ4v) is 3.17. The van der Waals surface area contributed by atoms with E-state index in [1.807, 2.05) is 43.7 Å². The molecule has 1 atom stereocenters. The molecule has 0 radical (unpaired) electrons. The summed E-state index contributed by atoms with van der Waals surface area (Å²) in [5.41, 5.74) is 4.70. The third-order valence-corrected chi connectivity index (χ3v) is 4.50. The minimum Gasteiger partial charge on any atom is -0.352 e. The summed E-state index contributed by atoms with van der Waals surface area (Å²) in [6, 6.07) is 6.31. The van der Waals surface area contributed by atoms with Crippen molar-refractivity contribution >= 4 is 16.8 Å². The van der Waals surface area contributed by atoms with Gasteiger partial charge in [0, 0.05) is 36.1 Å². The second kappa shape index (κ2) is 7.05. The van der Waals surface area contributed by atoms with Crippen molar-refractivity contribution in [3.8, 4) is 0 Å². The van der Waals surface area contributed by atoms with E-state index >= 15 is 0 Å². The number of pyridine rings is 1. The van der Waals surface area contributed by atoms with Gasteiger partial charge in [0.15, 0.2) is 0 Å². The van der Waals surface area contributed by atoms with Crippen molar-refractivity contribution in [1.82, 2.24) is 19.9 Å². The van der Waals surface area contributed by atoms with Gasteiger partial charge in [-0.3, -0.25) is 9.78 Å². The molecule has 0 fully saturated rings. The quantitative estimate of drug-likeness (QED) is 0.772. The van der Waals surface area contributed by atoms with Gasteiger partial charge in [-0.2, -0.15) is 0 Å². The van der Waals surface area contributed by atoms with E-state index in [0.29, 0.717) is 18.2 Å². The van der Waals surface area contributed by atoms with Crippen LogP contribution in [0.3, 0.4) is 0 Å². The average molecular weight is 336 g/mol. The predicted octanol–water partition coefficient (Wildman–Crippen LogP) is 3.74. The molecule has 0 aliphatic carbocycles. The van der Waals surface area contributed by atoms with E-state index in [4.69, 9.17) is 0 Å². The molecule has 2 aromatic heterocycles. The Morgan fingerprint density at radius 1 is 1.24 bits per heavy atom. The molecular formula is C20H24N4O. The maximum Gasteiger partial charge on any atom is 0.252 e. The zero-order valence-electron chi connectivity index (χ0n) is 15.2. The highest BCUT2D eigenvalue weighted by Crippen LogP contribution is 2.23. The number of rotatable bonds is 5. The van der Waals surface area contributed by atoms with Crippen LogP contribution in [0.5, 0.6) is 0 Å². The Balaban J connectivity index is 1.78. The monoisotopic (exact) mass is 336 g/mol. The van der Waals surface area contributed by atoms with Gasteiger partial charge in [-0.25, -0.2) is 4.98 Å². The van der Waals surface area contributed by atoms with Crippen molar-refractivity contribution in [2.45, 2.75) is 40.2 Å². The summed E-state index contributed by atoms with van der Waals surface area (Å²) in [5.74, 6) is -0.0432. The van der Waals surface area contributed by atoms with Crippen LogP contribution >= 0.6 is 0 Å². The summed E-state index contributed by atoms with van der Waals surface area (Å²) in [4.78, 5) is 21.4.